The van der Waals surface area contributed by atoms with Crippen LogP contribution in [0.1, 0.15) is 12.8 Å². The standard InChI is InChI=1S/C12H11FN4O2S2/c13-9-7-8(17(18)19)3-4-10(9)20-12-15-14-11(21-12)16-5-1-2-6-16/h3-4,7H,1-2,5-6H2. The number of non-ortho nitro benzene ring substituents is 1. The van der Waals surface area contributed by atoms with Gasteiger partial charge in [-0.1, -0.05) is 23.1 Å². The summed E-state index contributed by atoms with van der Waals surface area (Å²) < 4.78 is 14.5. The largest absolute Gasteiger partial charge is 0.347 e. The molecule has 2 aromatic rings. The third-order valence-corrected chi connectivity index (χ3v) is 5.18. The monoisotopic (exact) mass is 326 g/mol. The molecule has 3 rings (SSSR count). The second-order valence-corrected chi connectivity index (χ2v) is 6.76. The van der Waals surface area contributed by atoms with Crippen LogP contribution in [-0.2, 0) is 0 Å². The number of nitro benzene ring substituents is 1. The number of nitrogens with zero attached hydrogens (tertiary/aromatic N) is 4. The molecule has 9 heteroatoms. The Balaban J connectivity index is 1.76. The predicted octanol–water partition coefficient (Wildman–Crippen LogP) is 3.34. The molecule has 0 spiro atoms. The molecule has 0 radical (unpaired) electrons. The predicted molar refractivity (Wildman–Crippen MR) is 78.5 cm³/mol. The number of hydrogen-bond donors (Lipinski definition) is 0. The lowest BCUT2D eigenvalue weighted by Crippen LogP contribution is -2.17. The number of aromatic nitrogens is 2. The summed E-state index contributed by atoms with van der Waals surface area (Å²) >= 11 is 2.55. The summed E-state index contributed by atoms with van der Waals surface area (Å²) in [4.78, 5) is 12.4. The Kier molecular flexibility index (Phi) is 4.02. The van der Waals surface area contributed by atoms with Crippen molar-refractivity contribution in [2.45, 2.75) is 22.1 Å². The van der Waals surface area contributed by atoms with Gasteiger partial charge in [0.2, 0.25) is 5.13 Å². The van der Waals surface area contributed by atoms with Crippen molar-refractivity contribution in [1.82, 2.24) is 10.2 Å². The molecule has 21 heavy (non-hydrogen) atoms. The molecular formula is C12H11FN4O2S2. The molecule has 1 fully saturated rings. The minimum atomic E-state index is -0.618. The number of benzene rings is 1. The Labute approximate surface area is 128 Å². The van der Waals surface area contributed by atoms with Gasteiger partial charge in [-0.25, -0.2) is 4.39 Å². The molecule has 0 amide bonds. The smallest absolute Gasteiger partial charge is 0.272 e. The molecule has 1 aromatic carbocycles. The zero-order chi connectivity index (χ0) is 14.8. The Hall–Kier alpha value is -1.74. The first-order valence-corrected chi connectivity index (χ1v) is 7.97. The number of nitro groups is 1. The van der Waals surface area contributed by atoms with E-state index < -0.39 is 10.7 Å². The minimum Gasteiger partial charge on any atom is -0.347 e. The Morgan fingerprint density at radius 3 is 2.76 bits per heavy atom. The van der Waals surface area contributed by atoms with Crippen LogP contribution in [0.4, 0.5) is 15.2 Å². The van der Waals surface area contributed by atoms with E-state index in [4.69, 9.17) is 0 Å². The number of halogens is 1. The van der Waals surface area contributed by atoms with E-state index in [2.05, 4.69) is 15.1 Å². The summed E-state index contributed by atoms with van der Waals surface area (Å²) in [7, 11) is 0. The first kappa shape index (κ1) is 14.2. The Morgan fingerprint density at radius 2 is 2.10 bits per heavy atom. The fourth-order valence-corrected chi connectivity index (χ4v) is 3.91. The molecule has 1 aromatic heterocycles. The molecule has 110 valence electrons. The van der Waals surface area contributed by atoms with E-state index in [0.29, 0.717) is 9.24 Å². The summed E-state index contributed by atoms with van der Waals surface area (Å²) in [5, 5.41) is 19.6. The van der Waals surface area contributed by atoms with E-state index in [1.165, 1.54) is 23.5 Å². The normalized spacial score (nSPS) is 14.6. The van der Waals surface area contributed by atoms with Crippen molar-refractivity contribution in [1.29, 1.82) is 0 Å². The van der Waals surface area contributed by atoms with Crippen LogP contribution in [0.25, 0.3) is 0 Å². The van der Waals surface area contributed by atoms with Gasteiger partial charge in [0, 0.05) is 19.2 Å². The second-order valence-electron chi connectivity index (χ2n) is 4.52. The first-order chi connectivity index (χ1) is 10.1. The Morgan fingerprint density at radius 1 is 1.33 bits per heavy atom. The summed E-state index contributed by atoms with van der Waals surface area (Å²) in [6, 6.07) is 3.60. The maximum atomic E-state index is 13.8. The first-order valence-electron chi connectivity index (χ1n) is 6.34. The van der Waals surface area contributed by atoms with Gasteiger partial charge in [-0.3, -0.25) is 10.1 Å². The van der Waals surface area contributed by atoms with Crippen LogP contribution in [0, 0.1) is 15.9 Å². The van der Waals surface area contributed by atoms with Crippen molar-refractivity contribution in [3.05, 3.63) is 34.1 Å². The highest BCUT2D eigenvalue weighted by Gasteiger charge is 2.18. The van der Waals surface area contributed by atoms with E-state index in [1.807, 2.05) is 0 Å². The average Bonchev–Trinajstić information content (AvgIpc) is 3.11. The van der Waals surface area contributed by atoms with Gasteiger partial charge in [0.05, 0.1) is 15.9 Å². The van der Waals surface area contributed by atoms with Crippen LogP contribution in [-0.4, -0.2) is 28.2 Å². The minimum absolute atomic E-state index is 0.258. The fraction of sp³-hybridized carbons (Fsp3) is 0.333. The number of anilines is 1. The van der Waals surface area contributed by atoms with Crippen molar-refractivity contribution in [2.75, 3.05) is 18.0 Å². The topological polar surface area (TPSA) is 72.2 Å². The van der Waals surface area contributed by atoms with Gasteiger partial charge < -0.3 is 4.90 Å². The van der Waals surface area contributed by atoms with Gasteiger partial charge >= 0.3 is 0 Å². The molecule has 0 saturated carbocycles. The highest BCUT2D eigenvalue weighted by molar-refractivity contribution is 8.01. The van der Waals surface area contributed by atoms with E-state index >= 15 is 0 Å². The maximum absolute atomic E-state index is 13.8. The lowest BCUT2D eigenvalue weighted by Gasteiger charge is -2.10. The highest BCUT2D eigenvalue weighted by Crippen LogP contribution is 2.36. The van der Waals surface area contributed by atoms with Crippen molar-refractivity contribution < 1.29 is 9.31 Å². The van der Waals surface area contributed by atoms with Crippen LogP contribution in [0.15, 0.2) is 27.4 Å². The summed E-state index contributed by atoms with van der Waals surface area (Å²) in [6.45, 7) is 1.95. The summed E-state index contributed by atoms with van der Waals surface area (Å²) in [5.74, 6) is -0.618. The SMILES string of the molecule is O=[N+]([O-])c1ccc(Sc2nnc(N3CCCC3)s2)c(F)c1. The third-order valence-electron chi connectivity index (χ3n) is 3.10. The summed E-state index contributed by atoms with van der Waals surface area (Å²) in [6.07, 6.45) is 2.30. The Bertz CT molecular complexity index is 673. The van der Waals surface area contributed by atoms with Crippen LogP contribution >= 0.6 is 23.1 Å². The summed E-state index contributed by atoms with van der Waals surface area (Å²) in [5.41, 5.74) is -0.258. The maximum Gasteiger partial charge on any atom is 0.272 e. The van der Waals surface area contributed by atoms with Gasteiger partial charge in [0.25, 0.3) is 5.69 Å². The number of hydrogen-bond acceptors (Lipinski definition) is 7. The van der Waals surface area contributed by atoms with Gasteiger partial charge in [0.1, 0.15) is 5.82 Å². The zero-order valence-electron chi connectivity index (χ0n) is 10.9. The van der Waals surface area contributed by atoms with Crippen LogP contribution in [0.2, 0.25) is 0 Å². The average molecular weight is 326 g/mol. The van der Waals surface area contributed by atoms with Gasteiger partial charge in [-0.15, -0.1) is 10.2 Å². The molecule has 2 heterocycles. The molecule has 1 saturated heterocycles. The van der Waals surface area contributed by atoms with Crippen molar-refractivity contribution in [2.24, 2.45) is 0 Å². The lowest BCUT2D eigenvalue weighted by atomic mass is 10.3. The molecule has 0 aliphatic carbocycles. The fourth-order valence-electron chi connectivity index (χ4n) is 2.06. The van der Waals surface area contributed by atoms with Crippen molar-refractivity contribution >= 4 is 33.9 Å². The molecule has 6 nitrogen and oxygen atoms in total. The van der Waals surface area contributed by atoms with Crippen molar-refractivity contribution in [3.63, 3.8) is 0 Å². The second kappa shape index (κ2) is 5.94. The highest BCUT2D eigenvalue weighted by atomic mass is 32.2. The van der Waals surface area contributed by atoms with E-state index in [9.17, 15) is 14.5 Å². The third kappa shape index (κ3) is 3.13. The van der Waals surface area contributed by atoms with E-state index in [1.54, 1.807) is 0 Å². The van der Waals surface area contributed by atoms with E-state index in [-0.39, 0.29) is 5.69 Å². The molecular weight excluding hydrogens is 315 g/mol. The molecule has 0 bridgehead atoms. The number of rotatable bonds is 4. The molecule has 1 aliphatic heterocycles. The molecule has 0 unspecified atom stereocenters. The lowest BCUT2D eigenvalue weighted by molar-refractivity contribution is -0.385. The van der Waals surface area contributed by atoms with Crippen LogP contribution in [0.5, 0.6) is 0 Å². The van der Waals surface area contributed by atoms with Crippen molar-refractivity contribution in [3.8, 4) is 0 Å². The van der Waals surface area contributed by atoms with E-state index in [0.717, 1.165) is 48.9 Å². The van der Waals surface area contributed by atoms with Gasteiger partial charge in [-0.2, -0.15) is 0 Å². The van der Waals surface area contributed by atoms with Gasteiger partial charge in [0.15, 0.2) is 4.34 Å². The van der Waals surface area contributed by atoms with Crippen LogP contribution < -0.4 is 4.90 Å². The van der Waals surface area contributed by atoms with Gasteiger partial charge in [-0.05, 0) is 18.9 Å². The van der Waals surface area contributed by atoms with Crippen LogP contribution in [0.3, 0.4) is 0 Å². The molecule has 0 N–H and O–H groups in total. The zero-order valence-corrected chi connectivity index (χ0v) is 12.5. The quantitative estimate of drug-likeness (QED) is 0.634. The molecule has 1 aliphatic rings. The molecule has 0 atom stereocenters.